The first-order valence-corrected chi connectivity index (χ1v) is 9.02. The quantitative estimate of drug-likeness (QED) is 0.918. The highest BCUT2D eigenvalue weighted by Crippen LogP contribution is 2.29. The number of likely N-dealkylation sites (N-methyl/N-ethyl adjacent to an activating group) is 1. The molecule has 0 saturated carbocycles. The number of rotatable bonds is 3. The maximum absolute atomic E-state index is 12.8. The summed E-state index contributed by atoms with van der Waals surface area (Å²) in [5, 5.41) is 1.02. The predicted molar refractivity (Wildman–Crippen MR) is 95.4 cm³/mol. The van der Waals surface area contributed by atoms with Gasteiger partial charge in [0.05, 0.1) is 24.0 Å². The Bertz CT molecular complexity index is 755. The first kappa shape index (κ1) is 16.3. The third-order valence-electron chi connectivity index (χ3n) is 5.67. The van der Waals surface area contributed by atoms with Gasteiger partial charge in [0.25, 0.3) is 0 Å². The molecule has 4 rings (SSSR count). The van der Waals surface area contributed by atoms with Crippen molar-refractivity contribution in [2.75, 3.05) is 38.3 Å². The molecule has 2 aliphatic heterocycles. The van der Waals surface area contributed by atoms with Gasteiger partial charge in [0.1, 0.15) is 17.8 Å². The van der Waals surface area contributed by atoms with E-state index in [0.717, 1.165) is 42.8 Å². The number of amides is 1. The number of aromatic amines is 1. The number of piperidine rings is 1. The van der Waals surface area contributed by atoms with Gasteiger partial charge in [-0.15, -0.1) is 0 Å². The fraction of sp³-hybridized carbons (Fsp3) is 0.611. The number of nitrogens with one attached hydrogen (secondary N) is 1. The van der Waals surface area contributed by atoms with E-state index in [1.165, 1.54) is 0 Å². The molecule has 1 N–H and O–H groups in total. The highest BCUT2D eigenvalue weighted by Gasteiger charge is 2.36. The van der Waals surface area contributed by atoms with Crippen LogP contribution in [-0.4, -0.2) is 65.2 Å². The van der Waals surface area contributed by atoms with Gasteiger partial charge in [-0.2, -0.15) is 0 Å². The van der Waals surface area contributed by atoms with Crippen molar-refractivity contribution in [3.05, 3.63) is 18.6 Å². The van der Waals surface area contributed by atoms with E-state index in [-0.39, 0.29) is 17.9 Å². The van der Waals surface area contributed by atoms with Crippen molar-refractivity contribution in [2.45, 2.75) is 25.8 Å². The van der Waals surface area contributed by atoms with Crippen LogP contribution in [0.25, 0.3) is 11.0 Å². The molecule has 2 saturated heterocycles. The van der Waals surface area contributed by atoms with Crippen molar-refractivity contribution in [3.8, 4) is 0 Å². The lowest BCUT2D eigenvalue weighted by atomic mass is 9.91. The molecule has 0 radical (unpaired) electrons. The molecule has 1 amide bonds. The lowest BCUT2D eigenvalue weighted by molar-refractivity contribution is -0.137. The minimum absolute atomic E-state index is 0.0368. The minimum Gasteiger partial charge on any atom is -0.381 e. The number of hydrogen-bond donors (Lipinski definition) is 1. The molecule has 3 atom stereocenters. The van der Waals surface area contributed by atoms with Crippen LogP contribution >= 0.6 is 0 Å². The Hall–Kier alpha value is -2.15. The number of H-pyrrole nitrogens is 1. The smallest absolute Gasteiger partial charge is 0.228 e. The molecule has 134 valence electrons. The average molecular weight is 343 g/mol. The molecule has 2 aromatic rings. The van der Waals surface area contributed by atoms with Crippen LogP contribution in [-0.2, 0) is 9.53 Å². The zero-order chi connectivity index (χ0) is 17.4. The number of fused-ring (bicyclic) bond motifs is 1. The summed E-state index contributed by atoms with van der Waals surface area (Å²) >= 11 is 0. The molecule has 7 nitrogen and oxygen atoms in total. The fourth-order valence-corrected chi connectivity index (χ4v) is 4.04. The van der Waals surface area contributed by atoms with Gasteiger partial charge in [-0.3, -0.25) is 4.79 Å². The van der Waals surface area contributed by atoms with E-state index < -0.39 is 0 Å². The second-order valence-electron chi connectivity index (χ2n) is 7.23. The Balaban J connectivity index is 1.55. The van der Waals surface area contributed by atoms with Crippen LogP contribution < -0.4 is 4.90 Å². The van der Waals surface area contributed by atoms with Crippen molar-refractivity contribution in [2.24, 2.45) is 11.8 Å². The van der Waals surface area contributed by atoms with E-state index in [0.29, 0.717) is 19.1 Å². The second-order valence-corrected chi connectivity index (χ2v) is 7.23. The molecular formula is C18H25N5O2. The maximum atomic E-state index is 12.8. The molecule has 0 spiro atoms. The lowest BCUT2D eigenvalue weighted by Gasteiger charge is -2.42. The second kappa shape index (κ2) is 6.63. The number of anilines is 1. The summed E-state index contributed by atoms with van der Waals surface area (Å²) in [6, 6.07) is 2.25. The van der Waals surface area contributed by atoms with Gasteiger partial charge in [0.15, 0.2) is 0 Å². The van der Waals surface area contributed by atoms with Crippen LogP contribution in [0.4, 0.5) is 5.82 Å². The average Bonchev–Trinajstić information content (AvgIpc) is 3.32. The largest absolute Gasteiger partial charge is 0.381 e. The molecular weight excluding hydrogens is 318 g/mol. The maximum Gasteiger partial charge on any atom is 0.228 e. The molecule has 7 heteroatoms. The number of carbonyl (C=O) groups is 1. The molecule has 2 aromatic heterocycles. The number of hydrogen-bond acceptors (Lipinski definition) is 5. The standard InChI is InChI=1S/C18H25N5O2/c1-12-4-7-23(18(24)13-5-8-25-10-13)9-15(12)22(2)17-14-3-6-19-16(14)20-11-21-17/h3,6,11-13,15H,4-5,7-10H2,1-2H3,(H,19,20,21)/t12-,13-,15-/m1/s1. The van der Waals surface area contributed by atoms with Crippen LogP contribution in [0.15, 0.2) is 18.6 Å². The van der Waals surface area contributed by atoms with Gasteiger partial charge in [-0.1, -0.05) is 6.92 Å². The third kappa shape index (κ3) is 2.97. The van der Waals surface area contributed by atoms with Crippen LogP contribution in [0, 0.1) is 11.8 Å². The molecule has 0 aromatic carbocycles. The summed E-state index contributed by atoms with van der Waals surface area (Å²) in [4.78, 5) is 28.9. The van der Waals surface area contributed by atoms with E-state index in [1.54, 1.807) is 6.33 Å². The molecule has 0 unspecified atom stereocenters. The molecule has 25 heavy (non-hydrogen) atoms. The van der Waals surface area contributed by atoms with Crippen molar-refractivity contribution < 1.29 is 9.53 Å². The topological polar surface area (TPSA) is 74.3 Å². The summed E-state index contributed by atoms with van der Waals surface area (Å²) in [6.07, 6.45) is 5.34. The first-order chi connectivity index (χ1) is 12.1. The van der Waals surface area contributed by atoms with Gasteiger partial charge in [-0.25, -0.2) is 9.97 Å². The normalized spacial score (nSPS) is 27.0. The van der Waals surface area contributed by atoms with Crippen LogP contribution in [0.2, 0.25) is 0 Å². The molecule has 2 fully saturated rings. The van der Waals surface area contributed by atoms with E-state index in [9.17, 15) is 4.79 Å². The number of carbonyl (C=O) groups excluding carboxylic acids is 1. The van der Waals surface area contributed by atoms with E-state index >= 15 is 0 Å². The number of ether oxygens (including phenoxy) is 1. The number of nitrogens with zero attached hydrogens (tertiary/aromatic N) is 4. The van der Waals surface area contributed by atoms with Gasteiger partial charge >= 0.3 is 0 Å². The highest BCUT2D eigenvalue weighted by atomic mass is 16.5. The van der Waals surface area contributed by atoms with Gasteiger partial charge in [-0.05, 0) is 24.8 Å². The minimum atomic E-state index is 0.0368. The third-order valence-corrected chi connectivity index (χ3v) is 5.67. The molecule has 4 heterocycles. The number of aromatic nitrogens is 3. The Labute approximate surface area is 147 Å². The van der Waals surface area contributed by atoms with Crippen molar-refractivity contribution >= 4 is 22.8 Å². The van der Waals surface area contributed by atoms with Crippen LogP contribution in [0.3, 0.4) is 0 Å². The summed E-state index contributed by atoms with van der Waals surface area (Å²) in [5.41, 5.74) is 0.844. The Morgan fingerprint density at radius 2 is 2.28 bits per heavy atom. The van der Waals surface area contributed by atoms with Crippen LogP contribution in [0.5, 0.6) is 0 Å². The Morgan fingerprint density at radius 3 is 3.08 bits per heavy atom. The number of likely N-dealkylation sites (tertiary alicyclic amines) is 1. The molecule has 2 aliphatic rings. The fourth-order valence-electron chi connectivity index (χ4n) is 4.04. The zero-order valence-corrected chi connectivity index (χ0v) is 14.8. The van der Waals surface area contributed by atoms with Gasteiger partial charge in [0, 0.05) is 32.9 Å². The predicted octanol–water partition coefficient (Wildman–Crippen LogP) is 1.67. The monoisotopic (exact) mass is 343 g/mol. The summed E-state index contributed by atoms with van der Waals surface area (Å²) < 4.78 is 5.39. The Kier molecular flexibility index (Phi) is 4.33. The van der Waals surface area contributed by atoms with Gasteiger partial charge in [0.2, 0.25) is 5.91 Å². The van der Waals surface area contributed by atoms with Gasteiger partial charge < -0.3 is 19.5 Å². The summed E-state index contributed by atoms with van der Waals surface area (Å²) in [6.45, 7) is 5.11. The first-order valence-electron chi connectivity index (χ1n) is 9.02. The molecule has 0 bridgehead atoms. The van der Waals surface area contributed by atoms with E-state index in [2.05, 4.69) is 33.8 Å². The summed E-state index contributed by atoms with van der Waals surface area (Å²) in [7, 11) is 2.07. The SMILES string of the molecule is C[C@@H]1CCN(C(=O)[C@@H]2CCOC2)C[C@H]1N(C)c1ncnc2[nH]ccc12. The van der Waals surface area contributed by atoms with E-state index in [4.69, 9.17) is 4.74 Å². The zero-order valence-electron chi connectivity index (χ0n) is 14.8. The van der Waals surface area contributed by atoms with Crippen molar-refractivity contribution in [1.29, 1.82) is 0 Å². The lowest BCUT2D eigenvalue weighted by Crippen LogP contribution is -2.54. The summed E-state index contributed by atoms with van der Waals surface area (Å²) in [5.74, 6) is 1.70. The highest BCUT2D eigenvalue weighted by molar-refractivity contribution is 5.87. The van der Waals surface area contributed by atoms with Crippen LogP contribution in [0.1, 0.15) is 19.8 Å². The van der Waals surface area contributed by atoms with Crippen molar-refractivity contribution in [1.82, 2.24) is 19.9 Å². The van der Waals surface area contributed by atoms with E-state index in [1.807, 2.05) is 17.2 Å². The molecule has 0 aliphatic carbocycles. The Morgan fingerprint density at radius 1 is 1.40 bits per heavy atom. The van der Waals surface area contributed by atoms with Crippen molar-refractivity contribution in [3.63, 3.8) is 0 Å².